The third-order valence-electron chi connectivity index (χ3n) is 5.51. The molecule has 10 nitrogen and oxygen atoms in total. The number of fused-ring (bicyclic) bond motifs is 1. The van der Waals surface area contributed by atoms with Crippen molar-refractivity contribution in [1.82, 2.24) is 33.9 Å². The number of hydrogen-bond acceptors (Lipinski definition) is 6. The zero-order valence-corrected chi connectivity index (χ0v) is 20.2. The largest absolute Gasteiger partial charge is 0.352 e. The smallest absolute Gasteiger partial charge is 0.242 e. The Bertz CT molecular complexity index is 1390. The molecular weight excluding hydrogens is 454 g/mol. The van der Waals surface area contributed by atoms with Crippen LogP contribution in [0.5, 0.6) is 0 Å². The molecule has 178 valence electrons. The van der Waals surface area contributed by atoms with Crippen LogP contribution in [0.4, 0.5) is 0 Å². The fourth-order valence-corrected chi connectivity index (χ4v) is 4.57. The van der Waals surface area contributed by atoms with Gasteiger partial charge in [-0.05, 0) is 42.8 Å². The van der Waals surface area contributed by atoms with E-state index in [0.717, 1.165) is 16.9 Å². The summed E-state index contributed by atoms with van der Waals surface area (Å²) in [5, 5.41) is 7.06. The van der Waals surface area contributed by atoms with Crippen molar-refractivity contribution < 1.29 is 13.2 Å². The summed E-state index contributed by atoms with van der Waals surface area (Å²) in [4.78, 5) is 21.6. The first-order valence-electron chi connectivity index (χ1n) is 10.9. The molecule has 4 aromatic rings. The van der Waals surface area contributed by atoms with Gasteiger partial charge in [-0.2, -0.15) is 5.10 Å². The van der Waals surface area contributed by atoms with Gasteiger partial charge in [0, 0.05) is 58.6 Å². The highest BCUT2D eigenvalue weighted by Crippen LogP contribution is 2.22. The van der Waals surface area contributed by atoms with Crippen LogP contribution in [0.1, 0.15) is 24.7 Å². The molecule has 0 saturated heterocycles. The van der Waals surface area contributed by atoms with E-state index in [1.165, 1.54) is 18.4 Å². The Hall–Kier alpha value is -3.57. The Balaban J connectivity index is 1.40. The van der Waals surface area contributed by atoms with Gasteiger partial charge in [0.2, 0.25) is 15.9 Å². The lowest BCUT2D eigenvalue weighted by molar-refractivity contribution is -0.121. The van der Waals surface area contributed by atoms with Crippen molar-refractivity contribution in [2.24, 2.45) is 0 Å². The number of rotatable bonds is 9. The molecule has 34 heavy (non-hydrogen) atoms. The molecule has 1 amide bonds. The van der Waals surface area contributed by atoms with Crippen LogP contribution >= 0.6 is 0 Å². The molecule has 0 spiro atoms. The average molecular weight is 482 g/mol. The van der Waals surface area contributed by atoms with Gasteiger partial charge in [-0.25, -0.2) is 27.4 Å². The zero-order valence-electron chi connectivity index (χ0n) is 19.3. The lowest BCUT2D eigenvalue weighted by Gasteiger charge is -2.11. The van der Waals surface area contributed by atoms with Gasteiger partial charge in [-0.1, -0.05) is 6.07 Å². The van der Waals surface area contributed by atoms with Gasteiger partial charge in [0.25, 0.3) is 0 Å². The number of carbonyl (C=O) groups excluding carboxylic acids is 1. The predicted molar refractivity (Wildman–Crippen MR) is 128 cm³/mol. The Morgan fingerprint density at radius 1 is 1.18 bits per heavy atom. The molecule has 0 atom stereocenters. The number of aryl methyl sites for hydroxylation is 2. The van der Waals surface area contributed by atoms with Crippen molar-refractivity contribution in [3.05, 3.63) is 66.4 Å². The quantitative estimate of drug-likeness (QED) is 0.392. The second-order valence-corrected chi connectivity index (χ2v) is 10.1. The molecular formula is C23H27N7O3S. The third kappa shape index (κ3) is 4.85. The number of aromatic nitrogens is 5. The van der Waals surface area contributed by atoms with Crippen LogP contribution in [-0.4, -0.2) is 57.0 Å². The summed E-state index contributed by atoms with van der Waals surface area (Å²) in [5.74, 6) is 1.36. The molecule has 0 aliphatic rings. The highest BCUT2D eigenvalue weighted by atomic mass is 32.2. The van der Waals surface area contributed by atoms with Crippen LogP contribution < -0.4 is 5.32 Å². The lowest BCUT2D eigenvalue weighted by atomic mass is 10.2. The molecule has 0 bridgehead atoms. The Labute approximate surface area is 198 Å². The number of benzene rings is 1. The van der Waals surface area contributed by atoms with Gasteiger partial charge in [-0.3, -0.25) is 4.79 Å². The summed E-state index contributed by atoms with van der Waals surface area (Å²) >= 11 is 0. The van der Waals surface area contributed by atoms with E-state index in [0.29, 0.717) is 30.8 Å². The first-order valence-corrected chi connectivity index (χ1v) is 12.4. The number of nitrogens with one attached hydrogen (secondary N) is 1. The SMILES string of the molecule is CCn1c(CCC(=O)NCc2ccc(-n3cccn3)nc2)nc2cc(S(=O)(=O)N(C)C)ccc21. The second kappa shape index (κ2) is 9.74. The number of imidazole rings is 1. The third-order valence-corrected chi connectivity index (χ3v) is 7.32. The van der Waals surface area contributed by atoms with E-state index < -0.39 is 10.0 Å². The molecule has 0 radical (unpaired) electrons. The van der Waals surface area contributed by atoms with Crippen LogP contribution in [0.25, 0.3) is 16.9 Å². The van der Waals surface area contributed by atoms with E-state index in [2.05, 4.69) is 20.4 Å². The standard InChI is InChI=1S/C23H27N7O3S/c1-4-29-20-8-7-18(34(32,33)28(2)3)14-19(20)27-22(29)10-11-23(31)25-16-17-6-9-21(24-15-17)30-13-5-12-26-30/h5-9,12-15H,4,10-11,16H2,1-3H3,(H,25,31). The van der Waals surface area contributed by atoms with Crippen LogP contribution in [-0.2, 0) is 34.3 Å². The fourth-order valence-electron chi connectivity index (χ4n) is 3.65. The van der Waals surface area contributed by atoms with Gasteiger partial charge < -0.3 is 9.88 Å². The minimum atomic E-state index is -3.54. The molecule has 11 heteroatoms. The van der Waals surface area contributed by atoms with Gasteiger partial charge in [0.1, 0.15) is 5.82 Å². The number of carbonyl (C=O) groups is 1. The van der Waals surface area contributed by atoms with Crippen LogP contribution in [0, 0.1) is 0 Å². The lowest BCUT2D eigenvalue weighted by Crippen LogP contribution is -2.23. The molecule has 0 aliphatic carbocycles. The van der Waals surface area contributed by atoms with Gasteiger partial charge in [0.05, 0.1) is 15.9 Å². The van der Waals surface area contributed by atoms with Crippen molar-refractivity contribution >= 4 is 27.0 Å². The first-order chi connectivity index (χ1) is 16.3. The molecule has 1 aromatic carbocycles. The fraction of sp³-hybridized carbons (Fsp3) is 0.304. The van der Waals surface area contributed by atoms with E-state index in [1.807, 2.05) is 35.9 Å². The van der Waals surface area contributed by atoms with Crippen LogP contribution in [0.2, 0.25) is 0 Å². The number of sulfonamides is 1. The van der Waals surface area contributed by atoms with Crippen molar-refractivity contribution in [1.29, 1.82) is 0 Å². The molecule has 0 fully saturated rings. The molecule has 3 aromatic heterocycles. The summed E-state index contributed by atoms with van der Waals surface area (Å²) in [6, 6.07) is 10.5. The topological polar surface area (TPSA) is 115 Å². The van der Waals surface area contributed by atoms with Crippen LogP contribution in [0.15, 0.2) is 59.9 Å². The summed E-state index contributed by atoms with van der Waals surface area (Å²) in [6.07, 6.45) is 5.93. The van der Waals surface area contributed by atoms with Crippen molar-refractivity contribution in [2.45, 2.75) is 37.8 Å². The number of hydrogen-bond donors (Lipinski definition) is 1. The van der Waals surface area contributed by atoms with Crippen molar-refractivity contribution in [3.8, 4) is 5.82 Å². The molecule has 0 unspecified atom stereocenters. The van der Waals surface area contributed by atoms with Crippen molar-refractivity contribution in [3.63, 3.8) is 0 Å². The normalized spacial score (nSPS) is 11.9. The minimum Gasteiger partial charge on any atom is -0.352 e. The molecule has 0 aliphatic heterocycles. The number of pyridine rings is 1. The number of nitrogens with zero attached hydrogens (tertiary/aromatic N) is 6. The van der Waals surface area contributed by atoms with E-state index in [4.69, 9.17) is 0 Å². The first kappa shape index (κ1) is 23.6. The Morgan fingerprint density at radius 3 is 2.65 bits per heavy atom. The Morgan fingerprint density at radius 2 is 2.00 bits per heavy atom. The second-order valence-electron chi connectivity index (χ2n) is 7.96. The van der Waals surface area contributed by atoms with E-state index in [1.54, 1.807) is 35.3 Å². The van der Waals surface area contributed by atoms with Gasteiger partial charge >= 0.3 is 0 Å². The van der Waals surface area contributed by atoms with E-state index in [-0.39, 0.29) is 17.2 Å². The van der Waals surface area contributed by atoms with Crippen LogP contribution in [0.3, 0.4) is 0 Å². The molecule has 4 rings (SSSR count). The zero-order chi connectivity index (χ0) is 24.3. The molecule has 0 saturated carbocycles. The van der Waals surface area contributed by atoms with E-state index in [9.17, 15) is 13.2 Å². The van der Waals surface area contributed by atoms with Gasteiger partial charge in [-0.15, -0.1) is 0 Å². The maximum absolute atomic E-state index is 12.5. The van der Waals surface area contributed by atoms with Gasteiger partial charge in [0.15, 0.2) is 5.82 Å². The maximum Gasteiger partial charge on any atom is 0.242 e. The van der Waals surface area contributed by atoms with Crippen molar-refractivity contribution in [2.75, 3.05) is 14.1 Å². The summed E-state index contributed by atoms with van der Waals surface area (Å²) < 4.78 is 29.7. The minimum absolute atomic E-state index is 0.0956. The maximum atomic E-state index is 12.5. The van der Waals surface area contributed by atoms with E-state index >= 15 is 0 Å². The predicted octanol–water partition coefficient (Wildman–Crippen LogP) is 2.14. The molecule has 1 N–H and O–H groups in total. The highest BCUT2D eigenvalue weighted by Gasteiger charge is 2.19. The summed E-state index contributed by atoms with van der Waals surface area (Å²) in [5.41, 5.74) is 2.34. The number of amides is 1. The Kier molecular flexibility index (Phi) is 6.75. The average Bonchev–Trinajstić information content (AvgIpc) is 3.49. The molecule has 3 heterocycles. The summed E-state index contributed by atoms with van der Waals surface area (Å²) in [7, 11) is -0.547. The summed E-state index contributed by atoms with van der Waals surface area (Å²) in [6.45, 7) is 3.04. The highest BCUT2D eigenvalue weighted by molar-refractivity contribution is 7.89. The monoisotopic (exact) mass is 481 g/mol.